The molecule has 0 atom stereocenters. The number of aliphatic hydroxyl groups excluding tert-OH is 1. The number of aliphatic hydroxyl groups is 1. The Morgan fingerprint density at radius 1 is 1.33 bits per heavy atom. The Balaban J connectivity index is 2.87. The Labute approximate surface area is 67.9 Å². The largest absolute Gasteiger partial charge is 0.392 e. The van der Waals surface area contributed by atoms with Gasteiger partial charge in [-0.05, 0) is 6.07 Å². The minimum absolute atomic E-state index is 0.0644. The number of nitrogens with one attached hydrogen (secondary N) is 2. The van der Waals surface area contributed by atoms with E-state index in [1.54, 1.807) is 18.2 Å². The predicted octanol–water partition coefficient (Wildman–Crippen LogP) is 0.348. The summed E-state index contributed by atoms with van der Waals surface area (Å²) in [4.78, 5) is 16.1. The standard InChI is InChI=1S/C8H8N2O2/c11-4-5-2-1-3-6-7(5)10-8(12)9-6/h1-3,11H,4H2,(H2,9,10,12). The van der Waals surface area contributed by atoms with Gasteiger partial charge in [-0.25, -0.2) is 4.79 Å². The zero-order chi connectivity index (χ0) is 8.55. The number of rotatable bonds is 1. The first-order valence-electron chi connectivity index (χ1n) is 3.62. The highest BCUT2D eigenvalue weighted by Gasteiger charge is 2.01. The van der Waals surface area contributed by atoms with Crippen molar-refractivity contribution in [2.75, 3.05) is 0 Å². The van der Waals surface area contributed by atoms with Gasteiger partial charge in [0.05, 0.1) is 17.6 Å². The zero-order valence-electron chi connectivity index (χ0n) is 6.29. The lowest BCUT2D eigenvalue weighted by atomic mass is 10.2. The van der Waals surface area contributed by atoms with E-state index in [2.05, 4.69) is 9.97 Å². The molecule has 4 heteroatoms. The van der Waals surface area contributed by atoms with Crippen LogP contribution in [0.25, 0.3) is 11.0 Å². The maximum Gasteiger partial charge on any atom is 0.323 e. The maximum atomic E-state index is 10.9. The monoisotopic (exact) mass is 164 g/mol. The predicted molar refractivity (Wildman–Crippen MR) is 44.8 cm³/mol. The molecule has 0 bridgehead atoms. The molecule has 0 unspecified atom stereocenters. The van der Waals surface area contributed by atoms with Gasteiger partial charge in [-0.2, -0.15) is 0 Å². The van der Waals surface area contributed by atoms with E-state index >= 15 is 0 Å². The van der Waals surface area contributed by atoms with Gasteiger partial charge in [-0.3, -0.25) is 0 Å². The molecule has 1 aromatic carbocycles. The van der Waals surface area contributed by atoms with E-state index in [0.717, 1.165) is 11.1 Å². The second-order valence-electron chi connectivity index (χ2n) is 2.58. The van der Waals surface area contributed by atoms with Crippen LogP contribution in [0.4, 0.5) is 0 Å². The van der Waals surface area contributed by atoms with Crippen molar-refractivity contribution in [2.45, 2.75) is 6.61 Å². The quantitative estimate of drug-likeness (QED) is 0.569. The summed E-state index contributed by atoms with van der Waals surface area (Å²) >= 11 is 0. The van der Waals surface area contributed by atoms with Crippen molar-refractivity contribution in [3.63, 3.8) is 0 Å². The topological polar surface area (TPSA) is 68.9 Å². The summed E-state index contributed by atoms with van der Waals surface area (Å²) in [7, 11) is 0. The van der Waals surface area contributed by atoms with Crippen molar-refractivity contribution in [2.24, 2.45) is 0 Å². The Kier molecular flexibility index (Phi) is 1.48. The summed E-state index contributed by atoms with van der Waals surface area (Å²) in [6.07, 6.45) is 0. The highest BCUT2D eigenvalue weighted by molar-refractivity contribution is 5.77. The number of hydrogen-bond acceptors (Lipinski definition) is 2. The molecule has 0 spiro atoms. The van der Waals surface area contributed by atoms with Crippen LogP contribution in [0, 0.1) is 0 Å². The number of H-pyrrole nitrogens is 2. The van der Waals surface area contributed by atoms with Crippen LogP contribution in [0.15, 0.2) is 23.0 Å². The van der Waals surface area contributed by atoms with Crippen LogP contribution in [0.1, 0.15) is 5.56 Å². The van der Waals surface area contributed by atoms with Gasteiger partial charge in [0.1, 0.15) is 0 Å². The first-order chi connectivity index (χ1) is 5.81. The first kappa shape index (κ1) is 7.12. The minimum atomic E-state index is -0.245. The first-order valence-corrected chi connectivity index (χ1v) is 3.62. The van der Waals surface area contributed by atoms with Gasteiger partial charge in [-0.1, -0.05) is 12.1 Å². The lowest BCUT2D eigenvalue weighted by molar-refractivity contribution is 0.283. The van der Waals surface area contributed by atoms with Crippen LogP contribution in [-0.4, -0.2) is 15.1 Å². The number of aromatic nitrogens is 2. The number of aromatic amines is 2. The molecule has 0 aliphatic heterocycles. The molecule has 4 nitrogen and oxygen atoms in total. The van der Waals surface area contributed by atoms with Gasteiger partial charge in [0.25, 0.3) is 0 Å². The normalized spacial score (nSPS) is 10.8. The van der Waals surface area contributed by atoms with Crippen LogP contribution in [0.5, 0.6) is 0 Å². The third kappa shape index (κ3) is 0.931. The van der Waals surface area contributed by atoms with E-state index in [0.29, 0.717) is 5.52 Å². The summed E-state index contributed by atoms with van der Waals surface area (Å²) in [5, 5.41) is 8.91. The van der Waals surface area contributed by atoms with Gasteiger partial charge in [0.15, 0.2) is 0 Å². The Morgan fingerprint density at radius 3 is 2.92 bits per heavy atom. The van der Waals surface area contributed by atoms with Crippen molar-refractivity contribution < 1.29 is 5.11 Å². The molecule has 62 valence electrons. The fourth-order valence-corrected chi connectivity index (χ4v) is 1.25. The molecular weight excluding hydrogens is 156 g/mol. The summed E-state index contributed by atoms with van der Waals surface area (Å²) in [6, 6.07) is 5.34. The smallest absolute Gasteiger partial charge is 0.323 e. The highest BCUT2D eigenvalue weighted by atomic mass is 16.3. The van der Waals surface area contributed by atoms with E-state index in [1.807, 2.05) is 0 Å². The molecule has 1 aromatic heterocycles. The molecule has 2 rings (SSSR count). The molecule has 12 heavy (non-hydrogen) atoms. The lowest BCUT2D eigenvalue weighted by Crippen LogP contribution is -1.99. The summed E-state index contributed by atoms with van der Waals surface area (Å²) in [5.41, 5.74) is 1.90. The fourth-order valence-electron chi connectivity index (χ4n) is 1.25. The number of hydrogen-bond donors (Lipinski definition) is 3. The van der Waals surface area contributed by atoms with E-state index in [-0.39, 0.29) is 12.3 Å². The lowest BCUT2D eigenvalue weighted by Gasteiger charge is -1.95. The molecule has 0 fully saturated rings. The van der Waals surface area contributed by atoms with Crippen molar-refractivity contribution in [1.82, 2.24) is 9.97 Å². The Morgan fingerprint density at radius 2 is 2.17 bits per heavy atom. The van der Waals surface area contributed by atoms with E-state index in [4.69, 9.17) is 5.11 Å². The van der Waals surface area contributed by atoms with Crippen LogP contribution in [0.3, 0.4) is 0 Å². The van der Waals surface area contributed by atoms with Gasteiger partial charge in [-0.15, -0.1) is 0 Å². The fraction of sp³-hybridized carbons (Fsp3) is 0.125. The van der Waals surface area contributed by atoms with E-state index < -0.39 is 0 Å². The number of para-hydroxylation sites is 1. The minimum Gasteiger partial charge on any atom is -0.392 e. The van der Waals surface area contributed by atoms with Gasteiger partial charge < -0.3 is 15.1 Å². The van der Waals surface area contributed by atoms with Crippen LogP contribution in [0.2, 0.25) is 0 Å². The second-order valence-corrected chi connectivity index (χ2v) is 2.58. The van der Waals surface area contributed by atoms with Crippen LogP contribution in [-0.2, 0) is 6.61 Å². The van der Waals surface area contributed by atoms with Crippen LogP contribution < -0.4 is 5.69 Å². The molecule has 0 radical (unpaired) electrons. The SMILES string of the molecule is O=c1[nH]c2cccc(CO)c2[nH]1. The van der Waals surface area contributed by atoms with E-state index in [9.17, 15) is 4.79 Å². The molecular formula is C8H8N2O2. The number of benzene rings is 1. The summed E-state index contributed by atoms with van der Waals surface area (Å²) < 4.78 is 0. The summed E-state index contributed by atoms with van der Waals surface area (Å²) in [5.74, 6) is 0. The Bertz CT molecular complexity index is 455. The zero-order valence-corrected chi connectivity index (χ0v) is 6.29. The van der Waals surface area contributed by atoms with Crippen LogP contribution >= 0.6 is 0 Å². The maximum absolute atomic E-state index is 10.9. The highest BCUT2D eigenvalue weighted by Crippen LogP contribution is 2.12. The molecule has 0 saturated heterocycles. The van der Waals surface area contributed by atoms with Crippen molar-refractivity contribution >= 4 is 11.0 Å². The average molecular weight is 164 g/mol. The van der Waals surface area contributed by atoms with Gasteiger partial charge in [0.2, 0.25) is 0 Å². The van der Waals surface area contributed by atoms with Crippen molar-refractivity contribution in [3.8, 4) is 0 Å². The average Bonchev–Trinajstić information content (AvgIpc) is 2.44. The summed E-state index contributed by atoms with van der Waals surface area (Å²) in [6.45, 7) is -0.0644. The molecule has 0 amide bonds. The molecule has 2 aromatic rings. The van der Waals surface area contributed by atoms with E-state index in [1.165, 1.54) is 0 Å². The number of fused-ring (bicyclic) bond motifs is 1. The molecule has 3 N–H and O–H groups in total. The molecule has 0 aliphatic rings. The third-order valence-electron chi connectivity index (χ3n) is 1.81. The molecule has 0 saturated carbocycles. The van der Waals surface area contributed by atoms with Gasteiger partial charge >= 0.3 is 5.69 Å². The molecule has 1 heterocycles. The third-order valence-corrected chi connectivity index (χ3v) is 1.81. The number of imidazole rings is 1. The van der Waals surface area contributed by atoms with Crippen molar-refractivity contribution in [3.05, 3.63) is 34.2 Å². The Hall–Kier alpha value is -1.55. The second kappa shape index (κ2) is 2.49. The van der Waals surface area contributed by atoms with Gasteiger partial charge in [0, 0.05) is 5.56 Å². The molecule has 0 aliphatic carbocycles. The van der Waals surface area contributed by atoms with Crippen molar-refractivity contribution in [1.29, 1.82) is 0 Å².